The summed E-state index contributed by atoms with van der Waals surface area (Å²) in [7, 11) is 0. The van der Waals surface area contributed by atoms with Gasteiger partial charge in [-0.2, -0.15) is 0 Å². The molecule has 1 aliphatic heterocycles. The summed E-state index contributed by atoms with van der Waals surface area (Å²) in [5, 5.41) is 10.5. The fraction of sp³-hybridized carbons (Fsp3) is 0.0588. The van der Waals surface area contributed by atoms with Gasteiger partial charge in [-0.1, -0.05) is 41.6 Å². The topological polar surface area (TPSA) is 49.7 Å². The lowest BCUT2D eigenvalue weighted by Crippen LogP contribution is -1.90. The molecule has 0 bridgehead atoms. The predicted molar refractivity (Wildman–Crippen MR) is 102 cm³/mol. The minimum Gasteiger partial charge on any atom is -0.506 e. The molecule has 0 atom stereocenters. The van der Waals surface area contributed by atoms with Crippen LogP contribution < -0.4 is 0 Å². The van der Waals surface area contributed by atoms with Gasteiger partial charge >= 0.3 is 0 Å². The number of aryl methyl sites for hydroxylation is 1. The summed E-state index contributed by atoms with van der Waals surface area (Å²) < 4.78 is 1.13. The molecule has 0 aromatic heterocycles. The van der Waals surface area contributed by atoms with E-state index >= 15 is 0 Å². The smallest absolute Gasteiger partial charge is 0.284 e. The molecule has 0 unspecified atom stereocenters. The van der Waals surface area contributed by atoms with Crippen LogP contribution in [0.1, 0.15) is 16.7 Å². The minimum absolute atomic E-state index is 0.133. The van der Waals surface area contributed by atoms with Crippen molar-refractivity contribution in [1.82, 2.24) is 0 Å². The Bertz CT molecular complexity index is 834. The van der Waals surface area contributed by atoms with Crippen LogP contribution in [-0.2, 0) is 4.79 Å². The first-order valence-corrected chi connectivity index (χ1v) is 9.12. The molecule has 1 heterocycles. The summed E-state index contributed by atoms with van der Waals surface area (Å²) in [6, 6.07) is 11.4. The number of hydrogen-bond donors (Lipinski definition) is 1. The number of carbonyl (C=O) groups excluding carboxylic acids is 1. The Kier molecular flexibility index (Phi) is 4.75. The molecule has 2 aromatic rings. The highest BCUT2D eigenvalue weighted by Gasteiger charge is 2.23. The number of phenols is 1. The summed E-state index contributed by atoms with van der Waals surface area (Å²) in [6.45, 7) is 2.02. The van der Waals surface area contributed by atoms with Crippen molar-refractivity contribution in [2.75, 3.05) is 0 Å². The number of benzene rings is 2. The molecule has 3 rings (SSSR count). The summed E-state index contributed by atoms with van der Waals surface area (Å²) in [6.07, 6.45) is 1.77. The average Bonchev–Trinajstić information content (AvgIpc) is 2.86. The number of phenolic OH excluding ortho intramolecular Hbond substituents is 1. The molecule has 6 heteroatoms. The molecular weight excluding hydrogens is 442 g/mol. The maximum absolute atomic E-state index is 12.1. The normalized spacial score (nSPS) is 16.0. The molecule has 1 aliphatic rings. The Labute approximate surface area is 154 Å². The SMILES string of the molecule is Cc1ccc(C2=NC(=O)/C(=C/c3cc(Br)c(O)c(Br)c3)S2)cc1. The predicted octanol–water partition coefficient (Wildman–Crippen LogP) is 5.29. The van der Waals surface area contributed by atoms with Crippen LogP contribution in [0.2, 0.25) is 0 Å². The van der Waals surface area contributed by atoms with E-state index in [0.29, 0.717) is 18.9 Å². The number of hydrogen-bond acceptors (Lipinski definition) is 3. The van der Waals surface area contributed by atoms with Crippen molar-refractivity contribution >= 4 is 60.6 Å². The zero-order chi connectivity index (χ0) is 16.6. The van der Waals surface area contributed by atoms with Crippen LogP contribution in [0, 0.1) is 6.92 Å². The van der Waals surface area contributed by atoms with Gasteiger partial charge in [-0.3, -0.25) is 4.79 Å². The Morgan fingerprint density at radius 1 is 1.13 bits per heavy atom. The van der Waals surface area contributed by atoms with E-state index in [2.05, 4.69) is 36.9 Å². The van der Waals surface area contributed by atoms with Crippen molar-refractivity contribution in [2.45, 2.75) is 6.92 Å². The molecular formula is C17H11Br2NO2S. The van der Waals surface area contributed by atoms with E-state index in [1.807, 2.05) is 31.2 Å². The Morgan fingerprint density at radius 3 is 2.35 bits per heavy atom. The van der Waals surface area contributed by atoms with Crippen molar-refractivity contribution in [3.8, 4) is 5.75 Å². The Morgan fingerprint density at radius 2 is 1.74 bits per heavy atom. The van der Waals surface area contributed by atoms with Crippen molar-refractivity contribution in [1.29, 1.82) is 0 Å². The maximum Gasteiger partial charge on any atom is 0.284 e. The number of nitrogens with zero attached hydrogens (tertiary/aromatic N) is 1. The van der Waals surface area contributed by atoms with Gasteiger partial charge in [0.1, 0.15) is 10.8 Å². The number of carbonyl (C=O) groups is 1. The summed E-state index contributed by atoms with van der Waals surface area (Å²) in [4.78, 5) is 16.8. The standard InChI is InChI=1S/C17H11Br2NO2S/c1-9-2-4-11(5-3-9)17-20-16(22)14(23-17)8-10-6-12(18)15(21)13(19)7-10/h2-8,21H,1H3/b14-8-. The molecule has 3 nitrogen and oxygen atoms in total. The van der Waals surface area contributed by atoms with Crippen molar-refractivity contribution in [2.24, 2.45) is 4.99 Å². The van der Waals surface area contributed by atoms with Crippen molar-refractivity contribution in [3.63, 3.8) is 0 Å². The molecule has 0 fully saturated rings. The number of rotatable bonds is 2. The van der Waals surface area contributed by atoms with Gasteiger partial charge in [0.15, 0.2) is 0 Å². The van der Waals surface area contributed by atoms with Crippen LogP contribution in [0.15, 0.2) is 55.2 Å². The number of aromatic hydroxyl groups is 1. The molecule has 2 aromatic carbocycles. The minimum atomic E-state index is -0.245. The van der Waals surface area contributed by atoms with E-state index in [1.165, 1.54) is 17.3 Å². The third-order valence-corrected chi connectivity index (χ3v) is 5.50. The first-order chi connectivity index (χ1) is 10.9. The lowest BCUT2D eigenvalue weighted by Gasteiger charge is -2.03. The third kappa shape index (κ3) is 3.59. The average molecular weight is 453 g/mol. The molecule has 0 radical (unpaired) electrons. The summed E-state index contributed by atoms with van der Waals surface area (Å²) in [5.74, 6) is -0.111. The van der Waals surface area contributed by atoms with E-state index < -0.39 is 0 Å². The van der Waals surface area contributed by atoms with Crippen molar-refractivity contribution < 1.29 is 9.90 Å². The van der Waals surface area contributed by atoms with Crippen LogP contribution >= 0.6 is 43.6 Å². The highest BCUT2D eigenvalue weighted by Crippen LogP contribution is 2.36. The van der Waals surface area contributed by atoms with E-state index in [1.54, 1.807) is 18.2 Å². The first kappa shape index (κ1) is 16.5. The molecule has 1 N–H and O–H groups in total. The van der Waals surface area contributed by atoms with Gasteiger partial charge in [0, 0.05) is 5.56 Å². The second-order valence-electron chi connectivity index (χ2n) is 5.03. The van der Waals surface area contributed by atoms with Crippen LogP contribution in [0.25, 0.3) is 6.08 Å². The van der Waals surface area contributed by atoms with Crippen LogP contribution in [0.4, 0.5) is 0 Å². The number of aliphatic imine (C=N–C) groups is 1. The summed E-state index contributed by atoms with van der Waals surface area (Å²) in [5.41, 5.74) is 2.90. The molecule has 116 valence electrons. The zero-order valence-corrected chi connectivity index (χ0v) is 16.0. The quantitative estimate of drug-likeness (QED) is 0.630. The fourth-order valence-corrected chi connectivity index (χ4v) is 4.19. The second-order valence-corrected chi connectivity index (χ2v) is 7.77. The van der Waals surface area contributed by atoms with Crippen LogP contribution in [0.5, 0.6) is 5.75 Å². The van der Waals surface area contributed by atoms with Gasteiger partial charge in [0.05, 0.1) is 13.9 Å². The van der Waals surface area contributed by atoms with Gasteiger partial charge in [0.2, 0.25) is 0 Å². The van der Waals surface area contributed by atoms with Crippen LogP contribution in [0.3, 0.4) is 0 Å². The lowest BCUT2D eigenvalue weighted by atomic mass is 10.2. The van der Waals surface area contributed by atoms with E-state index in [0.717, 1.165) is 11.1 Å². The molecule has 0 aliphatic carbocycles. The molecule has 0 spiro atoms. The van der Waals surface area contributed by atoms with Gasteiger partial charge in [-0.05, 0) is 62.6 Å². The Hall–Kier alpha value is -1.37. The first-order valence-electron chi connectivity index (χ1n) is 6.71. The van der Waals surface area contributed by atoms with E-state index in [-0.39, 0.29) is 11.7 Å². The monoisotopic (exact) mass is 451 g/mol. The largest absolute Gasteiger partial charge is 0.506 e. The van der Waals surface area contributed by atoms with Gasteiger partial charge in [0.25, 0.3) is 5.91 Å². The Balaban J connectivity index is 1.89. The van der Waals surface area contributed by atoms with Gasteiger partial charge < -0.3 is 5.11 Å². The maximum atomic E-state index is 12.1. The second kappa shape index (κ2) is 6.63. The molecule has 0 saturated carbocycles. The highest BCUT2D eigenvalue weighted by molar-refractivity contribution is 9.11. The number of halogens is 2. The highest BCUT2D eigenvalue weighted by atomic mass is 79.9. The molecule has 0 saturated heterocycles. The molecule has 1 amide bonds. The summed E-state index contributed by atoms with van der Waals surface area (Å²) >= 11 is 7.93. The number of thioether (sulfide) groups is 1. The fourth-order valence-electron chi connectivity index (χ4n) is 2.05. The van der Waals surface area contributed by atoms with Gasteiger partial charge in [-0.15, -0.1) is 0 Å². The third-order valence-electron chi connectivity index (χ3n) is 3.26. The van der Waals surface area contributed by atoms with E-state index in [4.69, 9.17) is 0 Å². The molecule has 23 heavy (non-hydrogen) atoms. The number of amides is 1. The lowest BCUT2D eigenvalue weighted by molar-refractivity contribution is -0.113. The van der Waals surface area contributed by atoms with Crippen LogP contribution in [-0.4, -0.2) is 16.1 Å². The zero-order valence-electron chi connectivity index (χ0n) is 12.0. The van der Waals surface area contributed by atoms with Crippen molar-refractivity contribution in [3.05, 3.63) is 66.9 Å². The van der Waals surface area contributed by atoms with E-state index in [9.17, 15) is 9.90 Å². The van der Waals surface area contributed by atoms with Gasteiger partial charge in [-0.25, -0.2) is 4.99 Å².